The van der Waals surface area contributed by atoms with E-state index in [2.05, 4.69) is 10.3 Å². The first-order valence-corrected chi connectivity index (χ1v) is 10.9. The zero-order valence-corrected chi connectivity index (χ0v) is 19.5. The van der Waals surface area contributed by atoms with E-state index in [1.54, 1.807) is 50.5 Å². The number of nitrogen functional groups attached to an aromatic ring is 1. The molecule has 3 rings (SSSR count). The second-order valence-electron chi connectivity index (χ2n) is 7.72. The number of carbonyl (C=O) groups is 2. The number of ether oxygens (including phenoxy) is 3. The van der Waals surface area contributed by atoms with Crippen molar-refractivity contribution in [1.82, 2.24) is 10.3 Å². The van der Waals surface area contributed by atoms with Crippen LogP contribution in [0.2, 0.25) is 0 Å². The fourth-order valence-electron chi connectivity index (χ4n) is 3.76. The number of nitrogens with one attached hydrogen (secondary N) is 1. The molecule has 0 saturated carbocycles. The molecule has 1 aromatic heterocycles. The molecule has 0 saturated heterocycles. The zero-order valence-electron chi connectivity index (χ0n) is 19.5. The summed E-state index contributed by atoms with van der Waals surface area (Å²) in [5.41, 5.74) is 10.0. The van der Waals surface area contributed by atoms with Crippen LogP contribution in [0.15, 0.2) is 77.4 Å². The first kappa shape index (κ1) is 24.7. The molecule has 1 aliphatic rings. The lowest BCUT2D eigenvalue weighted by atomic mass is 9.80. The van der Waals surface area contributed by atoms with E-state index < -0.39 is 17.9 Å². The summed E-state index contributed by atoms with van der Waals surface area (Å²) in [6.45, 7) is 3.98. The normalized spacial score (nSPS) is 15.9. The molecular formula is C26H29N3O5. The van der Waals surface area contributed by atoms with E-state index in [0.717, 1.165) is 5.56 Å². The molecule has 8 nitrogen and oxygen atoms in total. The minimum atomic E-state index is -0.698. The van der Waals surface area contributed by atoms with Crippen LogP contribution < -0.4 is 11.1 Å². The smallest absolute Gasteiger partial charge is 0.337 e. The van der Waals surface area contributed by atoms with Crippen LogP contribution >= 0.6 is 0 Å². The van der Waals surface area contributed by atoms with Gasteiger partial charge in [-0.2, -0.15) is 0 Å². The van der Waals surface area contributed by atoms with Crippen LogP contribution in [0.5, 0.6) is 0 Å². The third-order valence-electron chi connectivity index (χ3n) is 5.29. The van der Waals surface area contributed by atoms with Gasteiger partial charge in [0.05, 0.1) is 23.7 Å². The number of pyridine rings is 1. The molecule has 3 N–H and O–H groups in total. The monoisotopic (exact) mass is 463 g/mol. The lowest BCUT2D eigenvalue weighted by Gasteiger charge is -2.30. The number of methoxy groups -OCH3 is 1. The Morgan fingerprint density at radius 2 is 1.71 bits per heavy atom. The van der Waals surface area contributed by atoms with E-state index in [1.165, 1.54) is 7.11 Å². The van der Waals surface area contributed by atoms with Gasteiger partial charge in [-0.05, 0) is 55.3 Å². The van der Waals surface area contributed by atoms with Gasteiger partial charge in [-0.1, -0.05) is 18.2 Å². The predicted molar refractivity (Wildman–Crippen MR) is 129 cm³/mol. The van der Waals surface area contributed by atoms with Crippen molar-refractivity contribution in [3.05, 3.63) is 88.5 Å². The van der Waals surface area contributed by atoms with Gasteiger partial charge in [0, 0.05) is 36.6 Å². The molecule has 0 spiro atoms. The summed E-state index contributed by atoms with van der Waals surface area (Å²) < 4.78 is 15.9. The Morgan fingerprint density at radius 1 is 1.03 bits per heavy atom. The molecule has 8 heteroatoms. The van der Waals surface area contributed by atoms with Crippen molar-refractivity contribution >= 4 is 23.7 Å². The number of hydrogen-bond acceptors (Lipinski definition) is 8. The topological polar surface area (TPSA) is 113 Å². The second kappa shape index (κ2) is 11.8. The first-order valence-electron chi connectivity index (χ1n) is 10.9. The Balaban J connectivity index is 1.88. The van der Waals surface area contributed by atoms with E-state index in [1.807, 2.05) is 24.3 Å². The number of allylic oxidation sites excluding steroid dienone is 2. The number of carbonyl (C=O) groups excluding carboxylic acids is 2. The summed E-state index contributed by atoms with van der Waals surface area (Å²) >= 11 is 0. The maximum Gasteiger partial charge on any atom is 0.337 e. The maximum atomic E-state index is 13.2. The van der Waals surface area contributed by atoms with Gasteiger partial charge in [-0.3, -0.25) is 4.98 Å². The highest BCUT2D eigenvalue weighted by atomic mass is 16.6. The van der Waals surface area contributed by atoms with Gasteiger partial charge < -0.3 is 25.3 Å². The average Bonchev–Trinajstić information content (AvgIpc) is 2.82. The van der Waals surface area contributed by atoms with Crippen LogP contribution in [0.1, 0.15) is 30.9 Å². The van der Waals surface area contributed by atoms with Gasteiger partial charge in [0.15, 0.2) is 0 Å². The molecule has 0 fully saturated rings. The molecule has 0 amide bonds. The fourth-order valence-corrected chi connectivity index (χ4v) is 3.76. The Hall–Kier alpha value is -3.91. The molecule has 0 aliphatic carbocycles. The van der Waals surface area contributed by atoms with E-state index in [0.29, 0.717) is 33.8 Å². The van der Waals surface area contributed by atoms with Gasteiger partial charge in [0.2, 0.25) is 0 Å². The van der Waals surface area contributed by atoms with E-state index in [9.17, 15) is 9.59 Å². The lowest BCUT2D eigenvalue weighted by molar-refractivity contribution is -0.140. The SMILES string of the molecule is COCCOC(=O)C1=C(C)NC(C)=C(C(=O)OC/C=C/c2ccncc2)C1c1cccc(N)c1. The minimum Gasteiger partial charge on any atom is -0.460 e. The Labute approximate surface area is 199 Å². The van der Waals surface area contributed by atoms with Crippen molar-refractivity contribution in [1.29, 1.82) is 0 Å². The van der Waals surface area contributed by atoms with Crippen molar-refractivity contribution in [2.45, 2.75) is 19.8 Å². The summed E-state index contributed by atoms with van der Waals surface area (Å²) in [5.74, 6) is -1.77. The summed E-state index contributed by atoms with van der Waals surface area (Å²) in [6.07, 6.45) is 6.96. The van der Waals surface area contributed by atoms with Crippen LogP contribution in [0.4, 0.5) is 5.69 Å². The lowest BCUT2D eigenvalue weighted by Crippen LogP contribution is -2.33. The first-order chi connectivity index (χ1) is 16.4. The molecule has 2 aromatic rings. The van der Waals surface area contributed by atoms with E-state index >= 15 is 0 Å². The van der Waals surface area contributed by atoms with Crippen molar-refractivity contribution < 1.29 is 23.8 Å². The third-order valence-corrected chi connectivity index (χ3v) is 5.29. The quantitative estimate of drug-likeness (QED) is 0.331. The number of dihydropyridines is 1. The molecule has 34 heavy (non-hydrogen) atoms. The summed E-state index contributed by atoms with van der Waals surface area (Å²) in [6, 6.07) is 10.8. The van der Waals surface area contributed by atoms with Crippen LogP contribution in [0.3, 0.4) is 0 Å². The largest absolute Gasteiger partial charge is 0.460 e. The van der Waals surface area contributed by atoms with E-state index in [4.69, 9.17) is 19.9 Å². The third kappa shape index (κ3) is 6.11. The van der Waals surface area contributed by atoms with Crippen LogP contribution in [0, 0.1) is 0 Å². The molecule has 2 heterocycles. The predicted octanol–water partition coefficient (Wildman–Crippen LogP) is 3.34. The van der Waals surface area contributed by atoms with Gasteiger partial charge >= 0.3 is 11.9 Å². The molecule has 0 bridgehead atoms. The van der Waals surface area contributed by atoms with Gasteiger partial charge in [0.1, 0.15) is 13.2 Å². The maximum absolute atomic E-state index is 13.2. The molecule has 1 aromatic carbocycles. The standard InChI is InChI=1S/C26H29N3O5/c1-17-22(25(30)33-13-5-6-19-9-11-28-12-10-19)24(20-7-4-8-21(27)16-20)23(18(2)29-17)26(31)34-15-14-32-3/h4-12,16,24,29H,13-15,27H2,1-3H3/b6-5+. The number of anilines is 1. The van der Waals surface area contributed by atoms with Gasteiger partial charge in [0.25, 0.3) is 0 Å². The Morgan fingerprint density at radius 3 is 2.35 bits per heavy atom. The van der Waals surface area contributed by atoms with Crippen LogP contribution in [0.25, 0.3) is 6.08 Å². The molecule has 178 valence electrons. The molecule has 1 unspecified atom stereocenters. The second-order valence-corrected chi connectivity index (χ2v) is 7.72. The summed E-state index contributed by atoms with van der Waals surface area (Å²) in [5, 5.41) is 3.13. The summed E-state index contributed by atoms with van der Waals surface area (Å²) in [7, 11) is 1.53. The average molecular weight is 464 g/mol. The Bertz CT molecular complexity index is 1120. The number of rotatable bonds is 9. The van der Waals surface area contributed by atoms with Crippen LogP contribution in [-0.2, 0) is 23.8 Å². The molecule has 1 atom stereocenters. The highest BCUT2D eigenvalue weighted by molar-refractivity contribution is 6.00. The van der Waals surface area contributed by atoms with Crippen molar-refractivity contribution in [3.63, 3.8) is 0 Å². The van der Waals surface area contributed by atoms with Gasteiger partial charge in [-0.25, -0.2) is 9.59 Å². The Kier molecular flexibility index (Phi) is 8.59. The number of nitrogens with zero attached hydrogens (tertiary/aromatic N) is 1. The number of hydrogen-bond donors (Lipinski definition) is 2. The number of esters is 2. The molecular weight excluding hydrogens is 434 g/mol. The fraction of sp³-hybridized carbons (Fsp3) is 0.269. The molecule has 1 aliphatic heterocycles. The molecule has 0 radical (unpaired) electrons. The highest BCUT2D eigenvalue weighted by Gasteiger charge is 2.38. The van der Waals surface area contributed by atoms with Crippen LogP contribution in [-0.4, -0.2) is 43.9 Å². The number of benzene rings is 1. The zero-order chi connectivity index (χ0) is 24.5. The minimum absolute atomic E-state index is 0.0674. The van der Waals surface area contributed by atoms with E-state index in [-0.39, 0.29) is 19.8 Å². The van der Waals surface area contributed by atoms with Crippen molar-refractivity contribution in [2.24, 2.45) is 0 Å². The highest BCUT2D eigenvalue weighted by Crippen LogP contribution is 2.39. The number of nitrogens with two attached hydrogens (primary N) is 1. The number of aromatic nitrogens is 1. The van der Waals surface area contributed by atoms with Crippen molar-refractivity contribution in [2.75, 3.05) is 32.7 Å². The van der Waals surface area contributed by atoms with Gasteiger partial charge in [-0.15, -0.1) is 0 Å². The summed E-state index contributed by atoms with van der Waals surface area (Å²) in [4.78, 5) is 30.3. The van der Waals surface area contributed by atoms with Crippen molar-refractivity contribution in [3.8, 4) is 0 Å².